The van der Waals surface area contributed by atoms with Gasteiger partial charge in [0, 0.05) is 24.7 Å². The number of nitrogens with zero attached hydrogens (tertiary/aromatic N) is 2. The number of hydrogen-bond acceptors (Lipinski definition) is 3. The molecule has 0 aliphatic rings. The summed E-state index contributed by atoms with van der Waals surface area (Å²) < 4.78 is 0. The Hall–Kier alpha value is -1.58. The highest BCUT2D eigenvalue weighted by atomic mass is 35.5. The summed E-state index contributed by atoms with van der Waals surface area (Å²) in [5, 5.41) is 4.01. The van der Waals surface area contributed by atoms with Gasteiger partial charge in [-0.15, -0.1) is 0 Å². The van der Waals surface area contributed by atoms with Crippen LogP contribution in [-0.2, 0) is 13.1 Å². The number of anilines is 1. The van der Waals surface area contributed by atoms with E-state index >= 15 is 0 Å². The van der Waals surface area contributed by atoms with Crippen LogP contribution in [0.1, 0.15) is 18.2 Å². The van der Waals surface area contributed by atoms with Crippen molar-refractivity contribution < 1.29 is 0 Å². The molecule has 0 aliphatic carbocycles. The molecule has 20 heavy (non-hydrogen) atoms. The molecule has 3 nitrogen and oxygen atoms in total. The minimum absolute atomic E-state index is 0.781. The van der Waals surface area contributed by atoms with E-state index in [2.05, 4.69) is 41.3 Å². The Labute approximate surface area is 125 Å². The first-order valence-corrected chi connectivity index (χ1v) is 7.18. The van der Waals surface area contributed by atoms with Crippen LogP contribution in [-0.4, -0.2) is 23.5 Å². The van der Waals surface area contributed by atoms with Crippen LogP contribution >= 0.6 is 11.6 Å². The number of nitrogens with one attached hydrogen (secondary N) is 1. The van der Waals surface area contributed by atoms with Crippen molar-refractivity contribution in [1.29, 1.82) is 0 Å². The van der Waals surface area contributed by atoms with Crippen LogP contribution in [0.3, 0.4) is 0 Å². The van der Waals surface area contributed by atoms with Gasteiger partial charge in [-0.1, -0.05) is 29.8 Å². The zero-order chi connectivity index (χ0) is 14.4. The van der Waals surface area contributed by atoms with Crippen molar-refractivity contribution in [2.45, 2.75) is 20.0 Å². The minimum atomic E-state index is 0.781. The van der Waals surface area contributed by atoms with E-state index in [1.54, 1.807) is 0 Å². The number of aromatic nitrogens is 1. The number of benzene rings is 1. The van der Waals surface area contributed by atoms with Gasteiger partial charge in [-0.25, -0.2) is 4.98 Å². The molecule has 0 fully saturated rings. The summed E-state index contributed by atoms with van der Waals surface area (Å²) in [6.45, 7) is 4.62. The Kier molecular flexibility index (Phi) is 5.39. The lowest BCUT2D eigenvalue weighted by atomic mass is 10.2. The Morgan fingerprint density at radius 3 is 2.70 bits per heavy atom. The Balaban J connectivity index is 1.97. The average Bonchev–Trinajstić information content (AvgIpc) is 2.39. The molecule has 0 atom stereocenters. The van der Waals surface area contributed by atoms with E-state index in [1.165, 1.54) is 5.56 Å². The molecule has 2 rings (SSSR count). The van der Waals surface area contributed by atoms with E-state index in [4.69, 9.17) is 11.6 Å². The fourth-order valence-electron chi connectivity index (χ4n) is 2.13. The third-order valence-electron chi connectivity index (χ3n) is 2.94. The molecule has 1 aromatic carbocycles. The van der Waals surface area contributed by atoms with Crippen LogP contribution in [0.15, 0.2) is 42.5 Å². The first-order chi connectivity index (χ1) is 9.67. The maximum atomic E-state index is 6.00. The van der Waals surface area contributed by atoms with Gasteiger partial charge < -0.3 is 5.32 Å². The first-order valence-electron chi connectivity index (χ1n) is 6.80. The zero-order valence-corrected chi connectivity index (χ0v) is 12.7. The van der Waals surface area contributed by atoms with E-state index in [9.17, 15) is 0 Å². The van der Waals surface area contributed by atoms with Crippen LogP contribution in [0.4, 0.5) is 5.82 Å². The van der Waals surface area contributed by atoms with Crippen molar-refractivity contribution in [3.05, 3.63) is 58.7 Å². The molecule has 0 aliphatic heterocycles. The van der Waals surface area contributed by atoms with Gasteiger partial charge in [-0.3, -0.25) is 4.90 Å². The van der Waals surface area contributed by atoms with Crippen molar-refractivity contribution in [2.75, 3.05) is 18.9 Å². The Bertz CT molecular complexity index is 557. The van der Waals surface area contributed by atoms with Crippen LogP contribution in [0.2, 0.25) is 5.02 Å². The van der Waals surface area contributed by atoms with Gasteiger partial charge in [0.15, 0.2) is 0 Å². The maximum Gasteiger partial charge on any atom is 0.126 e. The van der Waals surface area contributed by atoms with Crippen LogP contribution in [0.5, 0.6) is 0 Å². The van der Waals surface area contributed by atoms with E-state index in [0.717, 1.165) is 36.2 Å². The molecule has 0 unspecified atom stereocenters. The normalized spacial score (nSPS) is 10.8. The highest BCUT2D eigenvalue weighted by Gasteiger charge is 2.04. The molecule has 0 saturated heterocycles. The van der Waals surface area contributed by atoms with Gasteiger partial charge in [-0.05, 0) is 43.8 Å². The minimum Gasteiger partial charge on any atom is -0.370 e. The number of halogens is 1. The summed E-state index contributed by atoms with van der Waals surface area (Å²) in [6, 6.07) is 14.0. The molecule has 0 amide bonds. The van der Waals surface area contributed by atoms with Crippen LogP contribution in [0, 0.1) is 0 Å². The first kappa shape index (κ1) is 14.8. The van der Waals surface area contributed by atoms with Crippen LogP contribution < -0.4 is 5.32 Å². The lowest BCUT2D eigenvalue weighted by molar-refractivity contribution is 0.315. The molecule has 1 N–H and O–H groups in total. The van der Waals surface area contributed by atoms with Gasteiger partial charge in [0.1, 0.15) is 5.82 Å². The molecule has 0 spiro atoms. The number of pyridine rings is 1. The Morgan fingerprint density at radius 2 is 1.95 bits per heavy atom. The predicted molar refractivity (Wildman–Crippen MR) is 85.0 cm³/mol. The smallest absolute Gasteiger partial charge is 0.126 e. The molecule has 4 heteroatoms. The molecule has 0 radical (unpaired) electrons. The molecule has 106 valence electrons. The second kappa shape index (κ2) is 7.27. The maximum absolute atomic E-state index is 6.00. The second-order valence-corrected chi connectivity index (χ2v) is 5.28. The third kappa shape index (κ3) is 4.51. The lowest BCUT2D eigenvalue weighted by Crippen LogP contribution is -2.18. The summed E-state index contributed by atoms with van der Waals surface area (Å²) in [5.74, 6) is 0.932. The second-order valence-electron chi connectivity index (χ2n) is 4.85. The standard InChI is InChI=1S/C16H20ClN3/c1-3-18-16-9-5-8-15(19-16)12-20(2)11-13-6-4-7-14(17)10-13/h4-10H,3,11-12H2,1-2H3,(H,18,19). The number of rotatable bonds is 6. The number of hydrogen-bond donors (Lipinski definition) is 1. The van der Waals surface area contributed by atoms with E-state index in [0.29, 0.717) is 0 Å². The van der Waals surface area contributed by atoms with E-state index < -0.39 is 0 Å². The zero-order valence-electron chi connectivity index (χ0n) is 11.9. The van der Waals surface area contributed by atoms with Gasteiger partial charge in [-0.2, -0.15) is 0 Å². The topological polar surface area (TPSA) is 28.2 Å². The third-order valence-corrected chi connectivity index (χ3v) is 3.17. The van der Waals surface area contributed by atoms with Crippen molar-refractivity contribution in [1.82, 2.24) is 9.88 Å². The van der Waals surface area contributed by atoms with Crippen molar-refractivity contribution in [2.24, 2.45) is 0 Å². The fraction of sp³-hybridized carbons (Fsp3) is 0.312. The van der Waals surface area contributed by atoms with Crippen LogP contribution in [0.25, 0.3) is 0 Å². The fourth-order valence-corrected chi connectivity index (χ4v) is 2.34. The average molecular weight is 290 g/mol. The van der Waals surface area contributed by atoms with Gasteiger partial charge in [0.25, 0.3) is 0 Å². The van der Waals surface area contributed by atoms with E-state index in [1.807, 2.05) is 30.3 Å². The van der Waals surface area contributed by atoms with Crippen molar-refractivity contribution >= 4 is 17.4 Å². The molecular formula is C16H20ClN3. The van der Waals surface area contributed by atoms with E-state index in [-0.39, 0.29) is 0 Å². The molecule has 0 bridgehead atoms. The highest BCUT2D eigenvalue weighted by Crippen LogP contribution is 2.13. The molecule has 2 aromatic rings. The quantitative estimate of drug-likeness (QED) is 0.877. The summed E-state index contributed by atoms with van der Waals surface area (Å²) in [7, 11) is 2.09. The molecule has 1 aromatic heterocycles. The molecular weight excluding hydrogens is 270 g/mol. The molecule has 1 heterocycles. The summed E-state index contributed by atoms with van der Waals surface area (Å²) in [5.41, 5.74) is 2.27. The van der Waals surface area contributed by atoms with Gasteiger partial charge in [0.2, 0.25) is 0 Å². The predicted octanol–water partition coefficient (Wildman–Crippen LogP) is 3.80. The van der Waals surface area contributed by atoms with Gasteiger partial charge >= 0.3 is 0 Å². The highest BCUT2D eigenvalue weighted by molar-refractivity contribution is 6.30. The lowest BCUT2D eigenvalue weighted by Gasteiger charge is -2.17. The summed E-state index contributed by atoms with van der Waals surface area (Å²) in [4.78, 5) is 6.81. The SMILES string of the molecule is CCNc1cccc(CN(C)Cc2cccc(Cl)c2)n1. The largest absolute Gasteiger partial charge is 0.370 e. The molecule has 0 saturated carbocycles. The van der Waals surface area contributed by atoms with Crippen molar-refractivity contribution in [3.8, 4) is 0 Å². The Morgan fingerprint density at radius 1 is 1.15 bits per heavy atom. The summed E-state index contributed by atoms with van der Waals surface area (Å²) >= 11 is 6.00. The summed E-state index contributed by atoms with van der Waals surface area (Å²) in [6.07, 6.45) is 0. The van der Waals surface area contributed by atoms with Gasteiger partial charge in [0.05, 0.1) is 5.69 Å². The van der Waals surface area contributed by atoms with Crippen molar-refractivity contribution in [3.63, 3.8) is 0 Å². The monoisotopic (exact) mass is 289 g/mol.